The minimum atomic E-state index is -1.15. The molecular weight excluding hydrogens is 258 g/mol. The van der Waals surface area contributed by atoms with Gasteiger partial charge in [0.2, 0.25) is 0 Å². The first-order chi connectivity index (χ1) is 9.51. The predicted molar refractivity (Wildman–Crippen MR) is 74.1 cm³/mol. The van der Waals surface area contributed by atoms with Crippen LogP contribution in [0.3, 0.4) is 0 Å². The fraction of sp³-hybridized carbons (Fsp3) is 0.643. The predicted octanol–water partition coefficient (Wildman–Crippen LogP) is 1.69. The third kappa shape index (κ3) is 3.25. The topological polar surface area (TPSA) is 75.4 Å². The van der Waals surface area contributed by atoms with Crippen LogP contribution in [0, 0.1) is 5.92 Å². The second-order valence-electron chi connectivity index (χ2n) is 5.76. The van der Waals surface area contributed by atoms with E-state index in [0.717, 1.165) is 32.5 Å². The second kappa shape index (κ2) is 6.17. The summed E-state index contributed by atoms with van der Waals surface area (Å²) in [4.78, 5) is 24.3. The fourth-order valence-electron chi connectivity index (χ4n) is 2.73. The summed E-state index contributed by atoms with van der Waals surface area (Å²) in [5, 5.41) is 13.1. The van der Waals surface area contributed by atoms with Crippen LogP contribution in [0.5, 0.6) is 0 Å². The summed E-state index contributed by atoms with van der Waals surface area (Å²) < 4.78 is 1.65. The van der Waals surface area contributed by atoms with Crippen molar-refractivity contribution in [2.24, 2.45) is 5.92 Å². The van der Waals surface area contributed by atoms with Crippen LogP contribution in [-0.2, 0) is 0 Å². The molecule has 0 amide bonds. The summed E-state index contributed by atoms with van der Waals surface area (Å²) in [5.41, 5.74) is 0.00622. The number of rotatable bonds is 5. The zero-order valence-electron chi connectivity index (χ0n) is 12.0. The molecule has 0 unspecified atom stereocenters. The fourth-order valence-corrected chi connectivity index (χ4v) is 2.73. The molecule has 20 heavy (non-hydrogen) atoms. The summed E-state index contributed by atoms with van der Waals surface area (Å²) in [6.07, 6.45) is 3.98. The Morgan fingerprint density at radius 2 is 2.15 bits per heavy atom. The molecule has 1 N–H and O–H groups in total. The first kappa shape index (κ1) is 14.7. The van der Waals surface area contributed by atoms with Gasteiger partial charge in [-0.3, -0.25) is 9.48 Å². The number of nitrogens with zero attached hydrogens (tertiary/aromatic N) is 3. The van der Waals surface area contributed by atoms with Gasteiger partial charge in [-0.2, -0.15) is 5.10 Å². The van der Waals surface area contributed by atoms with E-state index in [2.05, 4.69) is 23.8 Å². The second-order valence-corrected chi connectivity index (χ2v) is 5.76. The summed E-state index contributed by atoms with van der Waals surface area (Å²) in [6.45, 7) is 7.47. The molecule has 6 nitrogen and oxygen atoms in total. The van der Waals surface area contributed by atoms with Crippen LogP contribution in [0.2, 0.25) is 0 Å². The minimum absolute atomic E-state index is 0.149. The van der Waals surface area contributed by atoms with Crippen LogP contribution in [0.25, 0.3) is 0 Å². The molecule has 110 valence electrons. The Morgan fingerprint density at radius 1 is 1.50 bits per heavy atom. The van der Waals surface area contributed by atoms with Gasteiger partial charge in [0, 0.05) is 25.8 Å². The molecule has 0 radical (unpaired) electrons. The Morgan fingerprint density at radius 3 is 2.60 bits per heavy atom. The number of aromatic carboxylic acids is 1. The lowest BCUT2D eigenvalue weighted by molar-refractivity contribution is 0.0685. The van der Waals surface area contributed by atoms with Gasteiger partial charge < -0.3 is 10.0 Å². The number of hydrogen-bond acceptors (Lipinski definition) is 4. The summed E-state index contributed by atoms with van der Waals surface area (Å²) >= 11 is 0. The number of piperidine rings is 1. The van der Waals surface area contributed by atoms with Crippen molar-refractivity contribution in [1.29, 1.82) is 0 Å². The van der Waals surface area contributed by atoms with Gasteiger partial charge in [-0.15, -0.1) is 0 Å². The molecule has 0 aromatic carbocycles. The molecule has 2 heterocycles. The molecule has 0 aliphatic carbocycles. The number of carboxylic acid groups (broad SMARTS) is 1. The molecule has 1 aliphatic rings. The van der Waals surface area contributed by atoms with Crippen molar-refractivity contribution in [2.75, 3.05) is 19.6 Å². The van der Waals surface area contributed by atoms with E-state index in [1.165, 1.54) is 0 Å². The summed E-state index contributed by atoms with van der Waals surface area (Å²) in [7, 11) is 0. The molecule has 2 rings (SSSR count). The van der Waals surface area contributed by atoms with E-state index in [-0.39, 0.29) is 17.3 Å². The van der Waals surface area contributed by atoms with Crippen molar-refractivity contribution in [3.63, 3.8) is 0 Å². The van der Waals surface area contributed by atoms with Crippen LogP contribution in [0.1, 0.15) is 53.6 Å². The van der Waals surface area contributed by atoms with E-state index < -0.39 is 5.97 Å². The van der Waals surface area contributed by atoms with Gasteiger partial charge >= 0.3 is 5.97 Å². The monoisotopic (exact) mass is 279 g/mol. The van der Waals surface area contributed by atoms with E-state index in [1.807, 2.05) is 0 Å². The first-order valence-electron chi connectivity index (χ1n) is 7.01. The maximum absolute atomic E-state index is 11.0. The number of carbonyl (C=O) groups excluding carboxylic acids is 1. The van der Waals surface area contributed by atoms with Crippen molar-refractivity contribution >= 4 is 12.3 Å². The molecule has 6 heteroatoms. The molecule has 1 fully saturated rings. The Hall–Kier alpha value is -1.69. The third-order valence-electron chi connectivity index (χ3n) is 3.64. The van der Waals surface area contributed by atoms with Gasteiger partial charge in [0.1, 0.15) is 0 Å². The Kier molecular flexibility index (Phi) is 4.54. The number of hydrogen-bond donors (Lipinski definition) is 1. The first-order valence-corrected chi connectivity index (χ1v) is 7.01. The summed E-state index contributed by atoms with van der Waals surface area (Å²) in [6, 6.07) is 0.185. The molecular formula is C14H21N3O3. The van der Waals surface area contributed by atoms with Crippen LogP contribution in [-0.4, -0.2) is 51.7 Å². The van der Waals surface area contributed by atoms with Crippen molar-refractivity contribution in [2.45, 2.75) is 32.7 Å². The highest BCUT2D eigenvalue weighted by Gasteiger charge is 2.24. The van der Waals surface area contributed by atoms with E-state index in [9.17, 15) is 9.59 Å². The van der Waals surface area contributed by atoms with Crippen LogP contribution in [0.15, 0.2) is 6.20 Å². The maximum Gasteiger partial charge on any atom is 0.357 e. The molecule has 0 spiro atoms. The van der Waals surface area contributed by atoms with Gasteiger partial charge in [-0.05, 0) is 18.8 Å². The van der Waals surface area contributed by atoms with Gasteiger partial charge in [0.05, 0.1) is 11.6 Å². The van der Waals surface area contributed by atoms with E-state index in [0.29, 0.717) is 12.2 Å². The van der Waals surface area contributed by atoms with Gasteiger partial charge in [-0.1, -0.05) is 13.8 Å². The van der Waals surface area contributed by atoms with Crippen molar-refractivity contribution in [3.8, 4) is 0 Å². The number of aldehydes is 1. The highest BCUT2D eigenvalue weighted by molar-refractivity contribution is 5.95. The standard InChI is InChI=1S/C14H21N3O3/c1-10(2)7-16-5-3-12(4-6-16)17-8-11(9-18)13(15-17)14(19)20/h8-10,12H,3-7H2,1-2H3,(H,19,20). The number of aromatic nitrogens is 2. The van der Waals surface area contributed by atoms with Crippen LogP contribution < -0.4 is 0 Å². The van der Waals surface area contributed by atoms with Crippen molar-refractivity contribution in [3.05, 3.63) is 17.5 Å². The van der Waals surface area contributed by atoms with Gasteiger partial charge in [0.25, 0.3) is 0 Å². The molecule has 1 saturated heterocycles. The minimum Gasteiger partial charge on any atom is -0.476 e. The third-order valence-corrected chi connectivity index (χ3v) is 3.64. The Balaban J connectivity index is 2.03. The summed E-state index contributed by atoms with van der Waals surface area (Å²) in [5.74, 6) is -0.500. The highest BCUT2D eigenvalue weighted by Crippen LogP contribution is 2.23. The average molecular weight is 279 g/mol. The molecule has 1 aromatic rings. The quantitative estimate of drug-likeness (QED) is 0.830. The average Bonchev–Trinajstić information content (AvgIpc) is 2.83. The smallest absolute Gasteiger partial charge is 0.357 e. The normalized spacial score (nSPS) is 17.6. The molecule has 0 saturated carbocycles. The van der Waals surface area contributed by atoms with Crippen LogP contribution in [0.4, 0.5) is 0 Å². The van der Waals surface area contributed by atoms with E-state index in [4.69, 9.17) is 5.11 Å². The lowest BCUT2D eigenvalue weighted by Gasteiger charge is -2.33. The Labute approximate surface area is 118 Å². The molecule has 0 bridgehead atoms. The number of carboxylic acids is 1. The highest BCUT2D eigenvalue weighted by atomic mass is 16.4. The largest absolute Gasteiger partial charge is 0.476 e. The van der Waals surface area contributed by atoms with Crippen molar-refractivity contribution in [1.82, 2.24) is 14.7 Å². The molecule has 0 atom stereocenters. The zero-order valence-corrected chi connectivity index (χ0v) is 12.0. The zero-order chi connectivity index (χ0) is 14.7. The van der Waals surface area contributed by atoms with E-state index in [1.54, 1.807) is 10.9 Å². The lowest BCUT2D eigenvalue weighted by atomic mass is 10.0. The lowest BCUT2D eigenvalue weighted by Crippen LogP contribution is -2.37. The SMILES string of the molecule is CC(C)CN1CCC(n2cc(C=O)c(C(=O)O)n2)CC1. The van der Waals surface area contributed by atoms with Gasteiger partial charge in [0.15, 0.2) is 12.0 Å². The van der Waals surface area contributed by atoms with Crippen molar-refractivity contribution < 1.29 is 14.7 Å². The molecule has 1 aromatic heterocycles. The van der Waals surface area contributed by atoms with Gasteiger partial charge in [-0.25, -0.2) is 4.79 Å². The molecule has 1 aliphatic heterocycles. The maximum atomic E-state index is 11.0. The van der Waals surface area contributed by atoms with E-state index >= 15 is 0 Å². The number of likely N-dealkylation sites (tertiary alicyclic amines) is 1. The Bertz CT molecular complexity index is 488. The number of carbonyl (C=O) groups is 2. The van der Waals surface area contributed by atoms with Crippen LogP contribution >= 0.6 is 0 Å².